The Morgan fingerprint density at radius 3 is 2.62 bits per heavy atom. The van der Waals surface area contributed by atoms with Crippen molar-refractivity contribution in [3.63, 3.8) is 0 Å². The third-order valence-electron chi connectivity index (χ3n) is 3.98. The summed E-state index contributed by atoms with van der Waals surface area (Å²) < 4.78 is 0. The summed E-state index contributed by atoms with van der Waals surface area (Å²) in [5.74, 6) is -0.0436. The number of hydrogen-bond donors (Lipinski definition) is 0. The first-order valence-electron chi connectivity index (χ1n) is 7.48. The number of amides is 1. The monoisotopic (exact) mass is 281 g/mol. The molecule has 1 aliphatic heterocycles. The fraction of sp³-hybridized carbons (Fsp3) is 0.333. The third kappa shape index (κ3) is 3.48. The first kappa shape index (κ1) is 13.8. The van der Waals surface area contributed by atoms with Gasteiger partial charge in [0.05, 0.1) is 0 Å². The Labute approximate surface area is 125 Å². The van der Waals surface area contributed by atoms with Gasteiger partial charge in [0.1, 0.15) is 5.92 Å². The number of ketones is 1. The molecular weight excluding hydrogens is 262 g/mol. The second kappa shape index (κ2) is 6.08. The molecule has 1 heterocycles. The molecule has 1 unspecified atom stereocenters. The highest BCUT2D eigenvalue weighted by Crippen LogP contribution is 2.31. The molecule has 2 aliphatic rings. The van der Waals surface area contributed by atoms with Gasteiger partial charge >= 0.3 is 0 Å². The Hall–Kier alpha value is -2.16. The second-order valence-corrected chi connectivity index (χ2v) is 5.75. The van der Waals surface area contributed by atoms with Crippen molar-refractivity contribution in [2.24, 2.45) is 11.8 Å². The molecule has 0 N–H and O–H groups in total. The van der Waals surface area contributed by atoms with Crippen LogP contribution >= 0.6 is 0 Å². The van der Waals surface area contributed by atoms with Gasteiger partial charge in [0.15, 0.2) is 5.78 Å². The van der Waals surface area contributed by atoms with Gasteiger partial charge in [0, 0.05) is 12.7 Å². The van der Waals surface area contributed by atoms with Crippen LogP contribution in [-0.2, 0) is 9.59 Å². The van der Waals surface area contributed by atoms with Crippen LogP contribution in [0.5, 0.6) is 0 Å². The topological polar surface area (TPSA) is 37.4 Å². The fourth-order valence-electron chi connectivity index (χ4n) is 2.53. The molecule has 3 heteroatoms. The minimum atomic E-state index is -0.547. The van der Waals surface area contributed by atoms with Crippen LogP contribution in [0.3, 0.4) is 0 Å². The maximum atomic E-state index is 12.4. The zero-order valence-electron chi connectivity index (χ0n) is 11.9. The van der Waals surface area contributed by atoms with Crippen molar-refractivity contribution in [1.29, 1.82) is 0 Å². The van der Waals surface area contributed by atoms with E-state index in [0.29, 0.717) is 12.3 Å². The summed E-state index contributed by atoms with van der Waals surface area (Å²) in [6.07, 6.45) is 9.95. The van der Waals surface area contributed by atoms with E-state index in [9.17, 15) is 9.59 Å². The Morgan fingerprint density at radius 1 is 1.14 bits per heavy atom. The Balaban J connectivity index is 1.63. The Bertz CT molecular complexity index is 584. The molecule has 1 atom stereocenters. The average molecular weight is 281 g/mol. The van der Waals surface area contributed by atoms with Crippen LogP contribution in [0.4, 0.5) is 0 Å². The zero-order chi connectivity index (χ0) is 14.7. The van der Waals surface area contributed by atoms with Gasteiger partial charge in [-0.05, 0) is 36.8 Å². The minimum Gasteiger partial charge on any atom is -0.318 e. The van der Waals surface area contributed by atoms with Crippen molar-refractivity contribution >= 4 is 17.8 Å². The van der Waals surface area contributed by atoms with Gasteiger partial charge in [-0.3, -0.25) is 9.59 Å². The largest absolute Gasteiger partial charge is 0.318 e. The molecule has 0 aromatic heterocycles. The van der Waals surface area contributed by atoms with Crippen molar-refractivity contribution in [2.75, 3.05) is 6.54 Å². The van der Waals surface area contributed by atoms with Gasteiger partial charge in [-0.25, -0.2) is 0 Å². The highest BCUT2D eigenvalue weighted by molar-refractivity contribution is 6.09. The SMILES string of the molecule is O=C1C=CN(CC2CC2)C(=O)C1C/C=C/c1ccccc1. The van der Waals surface area contributed by atoms with Gasteiger partial charge < -0.3 is 4.90 Å². The summed E-state index contributed by atoms with van der Waals surface area (Å²) in [6.45, 7) is 0.765. The number of nitrogens with zero attached hydrogens (tertiary/aromatic N) is 1. The number of carbonyl (C=O) groups is 2. The van der Waals surface area contributed by atoms with E-state index < -0.39 is 5.92 Å². The predicted octanol–water partition coefficient (Wildman–Crippen LogP) is 3.04. The fourth-order valence-corrected chi connectivity index (χ4v) is 2.53. The Morgan fingerprint density at radius 2 is 1.90 bits per heavy atom. The van der Waals surface area contributed by atoms with Gasteiger partial charge in [-0.1, -0.05) is 42.5 Å². The summed E-state index contributed by atoms with van der Waals surface area (Å²) in [5.41, 5.74) is 1.08. The van der Waals surface area contributed by atoms with Crippen molar-refractivity contribution in [1.82, 2.24) is 4.90 Å². The van der Waals surface area contributed by atoms with Crippen LogP contribution in [-0.4, -0.2) is 23.1 Å². The maximum absolute atomic E-state index is 12.4. The summed E-state index contributed by atoms with van der Waals surface area (Å²) in [4.78, 5) is 26.0. The van der Waals surface area contributed by atoms with Crippen LogP contribution in [0.2, 0.25) is 0 Å². The van der Waals surface area contributed by atoms with Crippen LogP contribution in [0, 0.1) is 11.8 Å². The summed E-state index contributed by atoms with van der Waals surface area (Å²) in [7, 11) is 0. The molecule has 1 aromatic rings. The molecule has 108 valence electrons. The summed E-state index contributed by atoms with van der Waals surface area (Å²) in [5, 5.41) is 0. The first-order valence-corrected chi connectivity index (χ1v) is 7.48. The summed E-state index contributed by atoms with van der Waals surface area (Å²) >= 11 is 0. The van der Waals surface area contributed by atoms with Crippen LogP contribution < -0.4 is 0 Å². The second-order valence-electron chi connectivity index (χ2n) is 5.75. The highest BCUT2D eigenvalue weighted by atomic mass is 16.2. The lowest BCUT2D eigenvalue weighted by molar-refractivity contribution is -0.139. The van der Waals surface area contributed by atoms with Crippen molar-refractivity contribution < 1.29 is 9.59 Å². The average Bonchev–Trinajstić information content (AvgIpc) is 3.31. The molecule has 1 amide bonds. The maximum Gasteiger partial charge on any atom is 0.237 e. The molecule has 21 heavy (non-hydrogen) atoms. The summed E-state index contributed by atoms with van der Waals surface area (Å²) in [6, 6.07) is 9.90. The first-order chi connectivity index (χ1) is 10.2. The number of hydrogen-bond acceptors (Lipinski definition) is 2. The van der Waals surface area contributed by atoms with Crippen LogP contribution in [0.15, 0.2) is 48.7 Å². The Kier molecular flexibility index (Phi) is 4.00. The van der Waals surface area contributed by atoms with E-state index in [1.165, 1.54) is 12.8 Å². The molecule has 1 saturated carbocycles. The standard InChI is InChI=1S/C18H19NO2/c20-17-11-12-19(13-15-9-10-15)18(21)16(17)8-4-7-14-5-2-1-3-6-14/h1-7,11-12,15-16H,8-10,13H2/b7-4+. The van der Waals surface area contributed by atoms with Crippen molar-refractivity contribution in [3.8, 4) is 0 Å². The third-order valence-corrected chi connectivity index (χ3v) is 3.98. The van der Waals surface area contributed by atoms with Gasteiger partial charge in [-0.15, -0.1) is 0 Å². The lowest BCUT2D eigenvalue weighted by atomic mass is 9.95. The molecule has 1 aromatic carbocycles. The van der Waals surface area contributed by atoms with Crippen LogP contribution in [0.1, 0.15) is 24.8 Å². The van der Waals surface area contributed by atoms with Crippen molar-refractivity contribution in [2.45, 2.75) is 19.3 Å². The smallest absolute Gasteiger partial charge is 0.237 e. The molecular formula is C18H19NO2. The number of benzene rings is 1. The van der Waals surface area contributed by atoms with E-state index in [-0.39, 0.29) is 11.7 Å². The van der Waals surface area contributed by atoms with Crippen molar-refractivity contribution in [3.05, 3.63) is 54.2 Å². The molecule has 1 fully saturated rings. The molecule has 3 nitrogen and oxygen atoms in total. The number of allylic oxidation sites excluding steroid dienone is 2. The van der Waals surface area contributed by atoms with E-state index in [1.54, 1.807) is 17.2 Å². The minimum absolute atomic E-state index is 0.0490. The van der Waals surface area contributed by atoms with Gasteiger partial charge in [0.25, 0.3) is 0 Å². The van der Waals surface area contributed by atoms with E-state index in [4.69, 9.17) is 0 Å². The van der Waals surface area contributed by atoms with Gasteiger partial charge in [-0.2, -0.15) is 0 Å². The lowest BCUT2D eigenvalue weighted by Crippen LogP contribution is -2.40. The normalized spacial score (nSPS) is 22.3. The molecule has 0 spiro atoms. The molecule has 3 rings (SSSR count). The highest BCUT2D eigenvalue weighted by Gasteiger charge is 2.34. The number of carbonyl (C=O) groups excluding carboxylic acids is 2. The van der Waals surface area contributed by atoms with E-state index in [2.05, 4.69) is 0 Å². The van der Waals surface area contributed by atoms with Crippen LogP contribution in [0.25, 0.3) is 6.08 Å². The number of rotatable bonds is 5. The quantitative estimate of drug-likeness (QED) is 0.778. The van der Waals surface area contributed by atoms with E-state index in [1.807, 2.05) is 42.5 Å². The van der Waals surface area contributed by atoms with E-state index >= 15 is 0 Å². The predicted molar refractivity (Wildman–Crippen MR) is 82.2 cm³/mol. The molecule has 0 bridgehead atoms. The van der Waals surface area contributed by atoms with Gasteiger partial charge in [0.2, 0.25) is 5.91 Å². The molecule has 0 radical (unpaired) electrons. The van der Waals surface area contributed by atoms with E-state index in [0.717, 1.165) is 12.1 Å². The molecule has 1 aliphatic carbocycles. The molecule has 0 saturated heterocycles. The zero-order valence-corrected chi connectivity index (χ0v) is 11.9. The lowest BCUT2D eigenvalue weighted by Gasteiger charge is -2.26.